The van der Waals surface area contributed by atoms with E-state index in [2.05, 4.69) is 0 Å². The lowest BCUT2D eigenvalue weighted by Crippen LogP contribution is -2.52. The molecule has 1 aliphatic heterocycles. The van der Waals surface area contributed by atoms with Crippen LogP contribution in [-0.4, -0.2) is 54.4 Å². The van der Waals surface area contributed by atoms with Crippen molar-refractivity contribution in [3.8, 4) is 0 Å². The molecule has 6 heteroatoms. The first-order chi connectivity index (χ1) is 7.41. The van der Waals surface area contributed by atoms with Gasteiger partial charge >= 0.3 is 0 Å². The van der Waals surface area contributed by atoms with Gasteiger partial charge in [0.25, 0.3) is 10.2 Å². The molecule has 0 spiro atoms. The van der Waals surface area contributed by atoms with Gasteiger partial charge in [-0.3, -0.25) is 0 Å². The molecule has 1 atom stereocenters. The van der Waals surface area contributed by atoms with E-state index in [-0.39, 0.29) is 18.7 Å². The van der Waals surface area contributed by atoms with Crippen LogP contribution in [0.2, 0.25) is 0 Å². The van der Waals surface area contributed by atoms with E-state index in [1.807, 2.05) is 13.8 Å². The Balaban J connectivity index is 2.88. The summed E-state index contributed by atoms with van der Waals surface area (Å²) < 4.78 is 27.3. The van der Waals surface area contributed by atoms with Crippen LogP contribution in [0.25, 0.3) is 0 Å². The predicted molar refractivity (Wildman–Crippen MR) is 63.2 cm³/mol. The van der Waals surface area contributed by atoms with Gasteiger partial charge in [-0.1, -0.05) is 6.42 Å². The van der Waals surface area contributed by atoms with Crippen LogP contribution in [0.1, 0.15) is 33.1 Å². The molecule has 16 heavy (non-hydrogen) atoms. The highest BCUT2D eigenvalue weighted by atomic mass is 32.2. The summed E-state index contributed by atoms with van der Waals surface area (Å²) in [6.07, 6.45) is 2.62. The van der Waals surface area contributed by atoms with E-state index in [0.717, 1.165) is 19.3 Å². The molecule has 1 rings (SSSR count). The van der Waals surface area contributed by atoms with E-state index in [4.69, 9.17) is 0 Å². The number of piperidine rings is 1. The second-order valence-corrected chi connectivity index (χ2v) is 6.50. The van der Waals surface area contributed by atoms with E-state index in [0.29, 0.717) is 6.54 Å². The normalized spacial score (nSPS) is 24.2. The molecule has 1 unspecified atom stereocenters. The molecule has 0 aromatic heterocycles. The summed E-state index contributed by atoms with van der Waals surface area (Å²) in [4.78, 5) is 0. The van der Waals surface area contributed by atoms with Crippen molar-refractivity contribution in [1.29, 1.82) is 0 Å². The van der Waals surface area contributed by atoms with Crippen molar-refractivity contribution < 1.29 is 13.5 Å². The summed E-state index contributed by atoms with van der Waals surface area (Å²) in [6, 6.07) is -0.314. The van der Waals surface area contributed by atoms with Gasteiger partial charge in [-0.25, -0.2) is 0 Å². The quantitative estimate of drug-likeness (QED) is 0.786. The molecule has 1 saturated heterocycles. The lowest BCUT2D eigenvalue weighted by atomic mass is 10.1. The zero-order valence-electron chi connectivity index (χ0n) is 10.3. The molecule has 1 aliphatic rings. The molecular formula is C10H22N2O3S. The Labute approximate surface area is 98.2 Å². The first kappa shape index (κ1) is 13.9. The number of aliphatic hydroxyl groups excluding tert-OH is 1. The van der Waals surface area contributed by atoms with Gasteiger partial charge in [0, 0.05) is 25.7 Å². The topological polar surface area (TPSA) is 60.9 Å². The molecule has 0 aliphatic carbocycles. The van der Waals surface area contributed by atoms with Crippen LogP contribution in [-0.2, 0) is 10.2 Å². The smallest absolute Gasteiger partial charge is 0.282 e. The Morgan fingerprint density at radius 3 is 2.56 bits per heavy atom. The van der Waals surface area contributed by atoms with Gasteiger partial charge in [0.2, 0.25) is 0 Å². The Bertz CT molecular complexity index is 316. The highest BCUT2D eigenvalue weighted by Gasteiger charge is 2.35. The summed E-state index contributed by atoms with van der Waals surface area (Å²) in [5, 5.41) is 9.22. The molecule has 5 nitrogen and oxygen atoms in total. The number of nitrogens with zero attached hydrogens (tertiary/aromatic N) is 2. The van der Waals surface area contributed by atoms with Gasteiger partial charge in [-0.05, 0) is 26.7 Å². The summed E-state index contributed by atoms with van der Waals surface area (Å²) >= 11 is 0. The van der Waals surface area contributed by atoms with Crippen molar-refractivity contribution >= 4 is 10.2 Å². The number of hydrogen-bond acceptors (Lipinski definition) is 3. The fraction of sp³-hybridized carbons (Fsp3) is 1.00. The van der Waals surface area contributed by atoms with Gasteiger partial charge in [0.15, 0.2) is 0 Å². The maximum Gasteiger partial charge on any atom is 0.282 e. The second-order valence-electron chi connectivity index (χ2n) is 4.56. The third kappa shape index (κ3) is 2.74. The fourth-order valence-electron chi connectivity index (χ4n) is 1.89. The third-order valence-corrected chi connectivity index (χ3v) is 5.39. The van der Waals surface area contributed by atoms with Gasteiger partial charge in [0.05, 0.1) is 6.61 Å². The second kappa shape index (κ2) is 5.44. The highest BCUT2D eigenvalue weighted by molar-refractivity contribution is 7.86. The minimum atomic E-state index is -3.42. The van der Waals surface area contributed by atoms with Crippen LogP contribution < -0.4 is 0 Å². The van der Waals surface area contributed by atoms with Gasteiger partial charge in [-0.15, -0.1) is 0 Å². The van der Waals surface area contributed by atoms with Crippen LogP contribution in [0.3, 0.4) is 0 Å². The average molecular weight is 250 g/mol. The molecule has 96 valence electrons. The van der Waals surface area contributed by atoms with E-state index in [1.165, 1.54) is 8.61 Å². The Morgan fingerprint density at radius 1 is 1.44 bits per heavy atom. The van der Waals surface area contributed by atoms with Gasteiger partial charge < -0.3 is 5.11 Å². The predicted octanol–water partition coefficient (Wildman–Crippen LogP) is 0.418. The zero-order chi connectivity index (χ0) is 12.3. The van der Waals surface area contributed by atoms with Gasteiger partial charge in [-0.2, -0.15) is 17.0 Å². The molecular weight excluding hydrogens is 228 g/mol. The zero-order valence-corrected chi connectivity index (χ0v) is 11.1. The van der Waals surface area contributed by atoms with E-state index >= 15 is 0 Å². The molecule has 1 N–H and O–H groups in total. The number of aliphatic hydroxyl groups is 1. The van der Waals surface area contributed by atoms with E-state index < -0.39 is 10.2 Å². The van der Waals surface area contributed by atoms with Crippen molar-refractivity contribution in [2.45, 2.75) is 45.2 Å². The maximum absolute atomic E-state index is 12.2. The first-order valence-corrected chi connectivity index (χ1v) is 7.16. The van der Waals surface area contributed by atoms with Crippen molar-refractivity contribution in [2.75, 3.05) is 20.2 Å². The van der Waals surface area contributed by atoms with Crippen molar-refractivity contribution in [1.82, 2.24) is 8.61 Å². The molecule has 0 aromatic carbocycles. The largest absolute Gasteiger partial charge is 0.395 e. The molecule has 0 aromatic rings. The van der Waals surface area contributed by atoms with Crippen molar-refractivity contribution in [3.05, 3.63) is 0 Å². The number of hydrogen-bond donors (Lipinski definition) is 1. The Morgan fingerprint density at radius 2 is 2.06 bits per heavy atom. The van der Waals surface area contributed by atoms with Crippen LogP contribution in [0.15, 0.2) is 0 Å². The lowest BCUT2D eigenvalue weighted by Gasteiger charge is -2.37. The van der Waals surface area contributed by atoms with Crippen molar-refractivity contribution in [3.63, 3.8) is 0 Å². The molecule has 1 fully saturated rings. The summed E-state index contributed by atoms with van der Waals surface area (Å²) in [5.74, 6) is 0. The molecule has 0 bridgehead atoms. The van der Waals surface area contributed by atoms with Crippen LogP contribution in [0, 0.1) is 0 Å². The Kier molecular flexibility index (Phi) is 4.73. The fourth-order valence-corrected chi connectivity index (χ4v) is 3.66. The van der Waals surface area contributed by atoms with Gasteiger partial charge in [0.1, 0.15) is 0 Å². The molecule has 0 saturated carbocycles. The van der Waals surface area contributed by atoms with E-state index in [1.54, 1.807) is 7.05 Å². The van der Waals surface area contributed by atoms with Crippen LogP contribution in [0.4, 0.5) is 0 Å². The van der Waals surface area contributed by atoms with Crippen LogP contribution in [0.5, 0.6) is 0 Å². The SMILES string of the molecule is CC(C)N(C)S(=O)(=O)N1CCCCC1CO. The minimum Gasteiger partial charge on any atom is -0.395 e. The summed E-state index contributed by atoms with van der Waals surface area (Å²) in [5.41, 5.74) is 0. The maximum atomic E-state index is 12.2. The lowest BCUT2D eigenvalue weighted by molar-refractivity contribution is 0.147. The Hall–Kier alpha value is -0.170. The number of rotatable bonds is 4. The highest BCUT2D eigenvalue weighted by Crippen LogP contribution is 2.22. The average Bonchev–Trinajstić information content (AvgIpc) is 2.27. The molecule has 0 amide bonds. The summed E-state index contributed by atoms with van der Waals surface area (Å²) in [7, 11) is -1.83. The first-order valence-electron chi connectivity index (χ1n) is 5.77. The summed E-state index contributed by atoms with van der Waals surface area (Å²) in [6.45, 7) is 4.11. The van der Waals surface area contributed by atoms with E-state index in [9.17, 15) is 13.5 Å². The minimum absolute atomic E-state index is 0.0636. The van der Waals surface area contributed by atoms with Crippen LogP contribution >= 0.6 is 0 Å². The molecule has 1 heterocycles. The monoisotopic (exact) mass is 250 g/mol. The standard InChI is InChI=1S/C10H22N2O3S/c1-9(2)11(3)16(14,15)12-7-5-4-6-10(12)8-13/h9-10,13H,4-8H2,1-3H3. The third-order valence-electron chi connectivity index (χ3n) is 3.17. The molecule has 0 radical (unpaired) electrons. The van der Waals surface area contributed by atoms with Crippen molar-refractivity contribution in [2.24, 2.45) is 0 Å².